The number of carbonyl (C=O) groups excluding carboxylic acids is 1. The first-order valence-corrected chi connectivity index (χ1v) is 8.69. The number of H-pyrrole nitrogens is 1. The zero-order valence-corrected chi connectivity index (χ0v) is 15.4. The Balaban J connectivity index is 1.59. The van der Waals surface area contributed by atoms with Crippen LogP contribution >= 0.6 is 0 Å². The van der Waals surface area contributed by atoms with E-state index >= 15 is 0 Å². The van der Waals surface area contributed by atoms with Gasteiger partial charge in [-0.15, -0.1) is 0 Å². The minimum atomic E-state index is -0.151. The lowest BCUT2D eigenvalue weighted by Crippen LogP contribution is -2.24. The molecule has 1 aromatic heterocycles. The monoisotopic (exact) mass is 366 g/mol. The second-order valence-electron chi connectivity index (χ2n) is 6.18. The van der Waals surface area contributed by atoms with Gasteiger partial charge >= 0.3 is 0 Å². The minimum Gasteiger partial charge on any atom is -0.493 e. The zero-order valence-electron chi connectivity index (χ0n) is 15.4. The zero-order chi connectivity index (χ0) is 19.2. The molecular formula is C21H22N2O4. The second-order valence-corrected chi connectivity index (χ2v) is 6.18. The Morgan fingerprint density at radius 2 is 1.81 bits per heavy atom. The van der Waals surface area contributed by atoms with E-state index in [0.717, 1.165) is 16.5 Å². The van der Waals surface area contributed by atoms with Crippen LogP contribution in [-0.2, 0) is 17.8 Å². The van der Waals surface area contributed by atoms with Crippen molar-refractivity contribution in [2.24, 2.45) is 0 Å². The van der Waals surface area contributed by atoms with Crippen LogP contribution in [0.3, 0.4) is 0 Å². The molecule has 2 aromatic carbocycles. The Morgan fingerprint density at radius 1 is 1.04 bits per heavy atom. The lowest BCUT2D eigenvalue weighted by molar-refractivity contribution is -0.121. The van der Waals surface area contributed by atoms with Crippen LogP contribution in [0.4, 0.5) is 0 Å². The van der Waals surface area contributed by atoms with Crippen molar-refractivity contribution in [3.05, 3.63) is 70.0 Å². The number of hydrogen-bond donors (Lipinski definition) is 2. The summed E-state index contributed by atoms with van der Waals surface area (Å²) in [7, 11) is 3.15. The number of nitrogens with one attached hydrogen (secondary N) is 2. The molecular weight excluding hydrogens is 344 g/mol. The van der Waals surface area contributed by atoms with E-state index in [2.05, 4.69) is 10.3 Å². The maximum absolute atomic E-state index is 12.2. The van der Waals surface area contributed by atoms with E-state index in [1.54, 1.807) is 20.3 Å². The third kappa shape index (κ3) is 4.47. The molecule has 27 heavy (non-hydrogen) atoms. The molecule has 0 bridgehead atoms. The third-order valence-corrected chi connectivity index (χ3v) is 4.39. The molecule has 0 fully saturated rings. The van der Waals surface area contributed by atoms with E-state index in [1.807, 2.05) is 42.5 Å². The molecule has 0 aliphatic heterocycles. The smallest absolute Gasteiger partial charge is 0.251 e. The highest BCUT2D eigenvalue weighted by Crippen LogP contribution is 2.27. The number of pyridine rings is 1. The quantitative estimate of drug-likeness (QED) is 0.674. The Kier molecular flexibility index (Phi) is 5.76. The number of para-hydroxylation sites is 1. The average Bonchev–Trinajstić information content (AvgIpc) is 2.70. The summed E-state index contributed by atoms with van der Waals surface area (Å²) in [4.78, 5) is 27.2. The number of ether oxygens (including phenoxy) is 2. The van der Waals surface area contributed by atoms with Crippen molar-refractivity contribution in [2.75, 3.05) is 14.2 Å². The van der Waals surface area contributed by atoms with Crippen LogP contribution in [0.15, 0.2) is 53.3 Å². The summed E-state index contributed by atoms with van der Waals surface area (Å²) < 4.78 is 10.5. The van der Waals surface area contributed by atoms with Crippen molar-refractivity contribution in [2.45, 2.75) is 19.4 Å². The van der Waals surface area contributed by atoms with Crippen molar-refractivity contribution < 1.29 is 14.3 Å². The predicted molar refractivity (Wildman–Crippen MR) is 104 cm³/mol. The number of fused-ring (bicyclic) bond motifs is 1. The molecule has 0 saturated carbocycles. The summed E-state index contributed by atoms with van der Waals surface area (Å²) >= 11 is 0. The molecule has 0 atom stereocenters. The maximum atomic E-state index is 12.2. The van der Waals surface area contributed by atoms with Crippen LogP contribution in [0.1, 0.15) is 17.5 Å². The standard InChI is InChI=1S/C21H22N2O4/c1-26-18-9-7-14(11-19(18)27-2)13-22-20(24)10-8-16-12-15-5-3-4-6-17(15)23-21(16)25/h3-7,9,11-12H,8,10,13H2,1-2H3,(H,22,24)(H,23,25). The molecule has 6 nitrogen and oxygen atoms in total. The summed E-state index contributed by atoms with van der Waals surface area (Å²) in [5.74, 6) is 1.15. The molecule has 3 rings (SSSR count). The fraction of sp³-hybridized carbons (Fsp3) is 0.238. The number of amides is 1. The second kappa shape index (κ2) is 8.40. The number of hydrogen-bond acceptors (Lipinski definition) is 4. The number of aromatic amines is 1. The Bertz CT molecular complexity index is 1010. The number of aryl methyl sites for hydroxylation is 1. The van der Waals surface area contributed by atoms with Gasteiger partial charge in [0.1, 0.15) is 0 Å². The SMILES string of the molecule is COc1ccc(CNC(=O)CCc2cc3ccccc3[nH]c2=O)cc1OC. The Labute approximate surface area is 157 Å². The van der Waals surface area contributed by atoms with Crippen LogP contribution in [0.5, 0.6) is 11.5 Å². The fourth-order valence-corrected chi connectivity index (χ4v) is 2.91. The van der Waals surface area contributed by atoms with Gasteiger partial charge in [-0.3, -0.25) is 9.59 Å². The summed E-state index contributed by atoms with van der Waals surface area (Å²) in [5, 5.41) is 3.82. The summed E-state index contributed by atoms with van der Waals surface area (Å²) in [5.41, 5.74) is 2.16. The molecule has 0 saturated heterocycles. The highest BCUT2D eigenvalue weighted by Gasteiger charge is 2.08. The normalized spacial score (nSPS) is 10.6. The first kappa shape index (κ1) is 18.5. The van der Waals surface area contributed by atoms with Crippen LogP contribution in [0, 0.1) is 0 Å². The Hall–Kier alpha value is -3.28. The number of aromatic nitrogens is 1. The molecule has 3 aromatic rings. The van der Waals surface area contributed by atoms with Gasteiger partial charge in [-0.1, -0.05) is 24.3 Å². The molecule has 2 N–H and O–H groups in total. The van der Waals surface area contributed by atoms with Crippen molar-refractivity contribution in [3.63, 3.8) is 0 Å². The summed E-state index contributed by atoms with van der Waals surface area (Å²) in [6.45, 7) is 0.382. The van der Waals surface area contributed by atoms with Gasteiger partial charge in [0.25, 0.3) is 5.56 Å². The van der Waals surface area contributed by atoms with E-state index in [0.29, 0.717) is 30.0 Å². The highest BCUT2D eigenvalue weighted by atomic mass is 16.5. The van der Waals surface area contributed by atoms with Crippen molar-refractivity contribution in [1.82, 2.24) is 10.3 Å². The summed E-state index contributed by atoms with van der Waals surface area (Å²) in [6, 6.07) is 14.9. The molecule has 6 heteroatoms. The van der Waals surface area contributed by atoms with Crippen LogP contribution < -0.4 is 20.3 Å². The number of methoxy groups -OCH3 is 2. The van der Waals surface area contributed by atoms with Gasteiger partial charge in [0.2, 0.25) is 5.91 Å². The predicted octanol–water partition coefficient (Wildman–Crippen LogP) is 2.79. The van der Waals surface area contributed by atoms with Gasteiger partial charge in [0, 0.05) is 24.0 Å². The number of carbonyl (C=O) groups is 1. The van der Waals surface area contributed by atoms with E-state index < -0.39 is 0 Å². The van der Waals surface area contributed by atoms with Crippen LogP contribution in [-0.4, -0.2) is 25.1 Å². The highest BCUT2D eigenvalue weighted by molar-refractivity contribution is 5.79. The van der Waals surface area contributed by atoms with Crippen LogP contribution in [0.25, 0.3) is 10.9 Å². The van der Waals surface area contributed by atoms with Crippen molar-refractivity contribution in [3.8, 4) is 11.5 Å². The van der Waals surface area contributed by atoms with Gasteiger partial charge < -0.3 is 19.8 Å². The first-order chi connectivity index (χ1) is 13.1. The lowest BCUT2D eigenvalue weighted by Gasteiger charge is -2.10. The minimum absolute atomic E-state index is 0.114. The van der Waals surface area contributed by atoms with Gasteiger partial charge in [-0.2, -0.15) is 0 Å². The molecule has 1 heterocycles. The van der Waals surface area contributed by atoms with Gasteiger partial charge in [-0.25, -0.2) is 0 Å². The number of rotatable bonds is 7. The number of benzene rings is 2. The largest absolute Gasteiger partial charge is 0.493 e. The van der Waals surface area contributed by atoms with Crippen LogP contribution in [0.2, 0.25) is 0 Å². The van der Waals surface area contributed by atoms with E-state index in [4.69, 9.17) is 9.47 Å². The topological polar surface area (TPSA) is 80.4 Å². The van der Waals surface area contributed by atoms with E-state index in [9.17, 15) is 9.59 Å². The van der Waals surface area contributed by atoms with Crippen molar-refractivity contribution in [1.29, 1.82) is 0 Å². The lowest BCUT2D eigenvalue weighted by atomic mass is 10.1. The molecule has 0 aliphatic carbocycles. The van der Waals surface area contributed by atoms with E-state index in [-0.39, 0.29) is 17.9 Å². The molecule has 0 unspecified atom stereocenters. The molecule has 0 aliphatic rings. The molecule has 140 valence electrons. The third-order valence-electron chi connectivity index (χ3n) is 4.39. The summed E-state index contributed by atoms with van der Waals surface area (Å²) in [6.07, 6.45) is 0.632. The molecule has 1 amide bonds. The molecule has 0 radical (unpaired) electrons. The van der Waals surface area contributed by atoms with Gasteiger partial charge in [0.15, 0.2) is 11.5 Å². The first-order valence-electron chi connectivity index (χ1n) is 8.69. The van der Waals surface area contributed by atoms with E-state index in [1.165, 1.54) is 0 Å². The van der Waals surface area contributed by atoms with Gasteiger partial charge in [-0.05, 0) is 41.6 Å². The Morgan fingerprint density at radius 3 is 2.59 bits per heavy atom. The fourth-order valence-electron chi connectivity index (χ4n) is 2.91. The average molecular weight is 366 g/mol. The molecule has 0 spiro atoms. The van der Waals surface area contributed by atoms with Gasteiger partial charge in [0.05, 0.1) is 14.2 Å². The van der Waals surface area contributed by atoms with Crippen molar-refractivity contribution >= 4 is 16.8 Å². The maximum Gasteiger partial charge on any atom is 0.251 e.